The van der Waals surface area contributed by atoms with E-state index in [9.17, 15) is 9.50 Å². The Morgan fingerprint density at radius 1 is 1.58 bits per heavy atom. The second-order valence-corrected chi connectivity index (χ2v) is 5.44. The van der Waals surface area contributed by atoms with Gasteiger partial charge in [-0.1, -0.05) is 17.7 Å². The number of benzene rings is 1. The Morgan fingerprint density at radius 2 is 2.37 bits per heavy atom. The van der Waals surface area contributed by atoms with Crippen LogP contribution in [0.15, 0.2) is 18.2 Å². The zero-order valence-corrected chi connectivity index (χ0v) is 11.7. The average Bonchev–Trinajstić information content (AvgIpc) is 2.36. The molecule has 1 N–H and O–H groups in total. The lowest BCUT2D eigenvalue weighted by molar-refractivity contribution is -0.0276. The van der Waals surface area contributed by atoms with Gasteiger partial charge in [0.05, 0.1) is 24.3 Å². The van der Waals surface area contributed by atoms with Crippen molar-refractivity contribution in [2.75, 3.05) is 19.8 Å². The van der Waals surface area contributed by atoms with Crippen molar-refractivity contribution in [3.05, 3.63) is 34.6 Å². The number of nitrogens with zero attached hydrogens (tertiary/aromatic N) is 1. The van der Waals surface area contributed by atoms with Crippen LogP contribution >= 0.6 is 11.6 Å². The lowest BCUT2D eigenvalue weighted by Gasteiger charge is -2.36. The molecule has 2 rings (SSSR count). The van der Waals surface area contributed by atoms with Crippen LogP contribution in [0.25, 0.3) is 0 Å². The molecule has 2 unspecified atom stereocenters. The normalized spacial score (nSPS) is 22.4. The van der Waals surface area contributed by atoms with Gasteiger partial charge < -0.3 is 9.84 Å². The fourth-order valence-electron chi connectivity index (χ4n) is 2.38. The maximum atomic E-state index is 13.1. The van der Waals surface area contributed by atoms with Crippen LogP contribution in [0.4, 0.5) is 4.39 Å². The van der Waals surface area contributed by atoms with Crippen LogP contribution in [-0.2, 0) is 11.3 Å². The predicted molar refractivity (Wildman–Crippen MR) is 72.7 cm³/mol. The zero-order chi connectivity index (χ0) is 13.8. The van der Waals surface area contributed by atoms with Gasteiger partial charge in [0.1, 0.15) is 5.82 Å². The quantitative estimate of drug-likeness (QED) is 0.923. The third kappa shape index (κ3) is 4.14. The first-order valence-electron chi connectivity index (χ1n) is 6.50. The average molecular weight is 288 g/mol. The highest BCUT2D eigenvalue weighted by Crippen LogP contribution is 2.20. The third-order valence-electron chi connectivity index (χ3n) is 3.33. The number of rotatable bonds is 4. The van der Waals surface area contributed by atoms with Crippen molar-refractivity contribution in [3.8, 4) is 0 Å². The molecule has 106 valence electrons. The van der Waals surface area contributed by atoms with Crippen LogP contribution in [-0.4, -0.2) is 41.9 Å². The van der Waals surface area contributed by atoms with Gasteiger partial charge >= 0.3 is 0 Å². The van der Waals surface area contributed by atoms with Crippen LogP contribution in [0.5, 0.6) is 0 Å². The highest BCUT2D eigenvalue weighted by atomic mass is 35.5. The predicted octanol–water partition coefficient (Wildman–Crippen LogP) is 2.45. The summed E-state index contributed by atoms with van der Waals surface area (Å²) in [5.74, 6) is -0.395. The van der Waals surface area contributed by atoms with E-state index < -0.39 is 5.82 Å². The summed E-state index contributed by atoms with van der Waals surface area (Å²) in [5.41, 5.74) is 0.976. The van der Waals surface area contributed by atoms with Crippen molar-refractivity contribution in [2.45, 2.75) is 32.0 Å². The topological polar surface area (TPSA) is 32.7 Å². The monoisotopic (exact) mass is 287 g/mol. The van der Waals surface area contributed by atoms with E-state index >= 15 is 0 Å². The molecule has 0 aliphatic carbocycles. The summed E-state index contributed by atoms with van der Waals surface area (Å²) < 4.78 is 18.6. The standard InChI is InChI=1S/C14H19ClFNO2/c1-10(18)6-12-9-19-5-4-17(12)8-11-2-3-14(16)13(15)7-11/h2-3,7,10,12,18H,4-6,8-9H2,1H3. The summed E-state index contributed by atoms with van der Waals surface area (Å²) in [6, 6.07) is 4.99. The number of halogens is 2. The first-order chi connectivity index (χ1) is 9.06. The number of hydrogen-bond acceptors (Lipinski definition) is 3. The van der Waals surface area contributed by atoms with Crippen molar-refractivity contribution in [3.63, 3.8) is 0 Å². The SMILES string of the molecule is CC(O)CC1COCCN1Cc1ccc(F)c(Cl)c1. The van der Waals surface area contributed by atoms with Crippen molar-refractivity contribution in [1.29, 1.82) is 0 Å². The number of aliphatic hydroxyl groups is 1. The zero-order valence-electron chi connectivity index (χ0n) is 11.0. The number of ether oxygens (including phenoxy) is 1. The molecule has 2 atom stereocenters. The fourth-order valence-corrected chi connectivity index (χ4v) is 2.58. The minimum absolute atomic E-state index is 0.151. The highest BCUT2D eigenvalue weighted by molar-refractivity contribution is 6.30. The number of hydrogen-bond donors (Lipinski definition) is 1. The lowest BCUT2D eigenvalue weighted by atomic mass is 10.1. The molecule has 0 aromatic heterocycles. The Hall–Kier alpha value is -0.680. The van der Waals surface area contributed by atoms with Crippen molar-refractivity contribution in [2.24, 2.45) is 0 Å². The molecule has 0 amide bonds. The molecule has 1 saturated heterocycles. The van der Waals surface area contributed by atoms with Crippen LogP contribution < -0.4 is 0 Å². The van der Waals surface area contributed by atoms with Gasteiger partial charge in [-0.05, 0) is 31.0 Å². The van der Waals surface area contributed by atoms with E-state index in [1.807, 2.05) is 0 Å². The van der Waals surface area contributed by atoms with Gasteiger partial charge in [0.25, 0.3) is 0 Å². The summed E-state index contributed by atoms with van der Waals surface area (Å²) in [6.45, 7) is 4.60. The Kier molecular flexibility index (Phi) is 5.16. The third-order valence-corrected chi connectivity index (χ3v) is 3.62. The molecule has 1 fully saturated rings. The molecule has 1 aromatic carbocycles. The molecule has 0 radical (unpaired) electrons. The van der Waals surface area contributed by atoms with Crippen molar-refractivity contribution < 1.29 is 14.2 Å². The Bertz CT molecular complexity index is 428. The van der Waals surface area contributed by atoms with E-state index in [2.05, 4.69) is 4.90 Å². The van der Waals surface area contributed by atoms with Gasteiger partial charge in [0.2, 0.25) is 0 Å². The largest absolute Gasteiger partial charge is 0.393 e. The minimum atomic E-state index is -0.395. The van der Waals surface area contributed by atoms with Gasteiger partial charge in [-0.25, -0.2) is 4.39 Å². The van der Waals surface area contributed by atoms with Crippen LogP contribution in [0.1, 0.15) is 18.9 Å². The smallest absolute Gasteiger partial charge is 0.141 e. The molecule has 1 heterocycles. The highest BCUT2D eigenvalue weighted by Gasteiger charge is 2.24. The van der Waals surface area contributed by atoms with E-state index in [4.69, 9.17) is 16.3 Å². The summed E-state index contributed by atoms with van der Waals surface area (Å²) in [4.78, 5) is 2.25. The Morgan fingerprint density at radius 3 is 3.05 bits per heavy atom. The molecule has 0 bridgehead atoms. The lowest BCUT2D eigenvalue weighted by Crippen LogP contribution is -2.46. The Labute approximate surface area is 117 Å². The summed E-state index contributed by atoms with van der Waals surface area (Å²) >= 11 is 5.79. The maximum Gasteiger partial charge on any atom is 0.141 e. The summed E-state index contributed by atoms with van der Waals surface area (Å²) in [6.07, 6.45) is 0.320. The molecule has 0 saturated carbocycles. The van der Waals surface area contributed by atoms with Gasteiger partial charge in [-0.15, -0.1) is 0 Å². The maximum absolute atomic E-state index is 13.1. The molecular formula is C14H19ClFNO2. The molecule has 1 aromatic rings. The molecule has 1 aliphatic heterocycles. The summed E-state index contributed by atoms with van der Waals surface area (Å²) in [5, 5.41) is 9.67. The fraction of sp³-hybridized carbons (Fsp3) is 0.571. The van der Waals surface area contributed by atoms with Gasteiger partial charge in [-0.3, -0.25) is 4.90 Å². The van der Waals surface area contributed by atoms with E-state index in [1.165, 1.54) is 6.07 Å². The molecule has 3 nitrogen and oxygen atoms in total. The van der Waals surface area contributed by atoms with Crippen LogP contribution in [0, 0.1) is 5.82 Å². The van der Waals surface area contributed by atoms with Gasteiger partial charge in [0, 0.05) is 19.1 Å². The molecule has 19 heavy (non-hydrogen) atoms. The number of aliphatic hydroxyl groups excluding tert-OH is 1. The molecular weight excluding hydrogens is 269 g/mol. The van der Waals surface area contributed by atoms with E-state index in [-0.39, 0.29) is 17.2 Å². The molecule has 5 heteroatoms. The van der Waals surface area contributed by atoms with E-state index in [0.717, 1.165) is 12.1 Å². The van der Waals surface area contributed by atoms with E-state index in [0.29, 0.717) is 26.2 Å². The first-order valence-corrected chi connectivity index (χ1v) is 6.88. The van der Waals surface area contributed by atoms with Crippen LogP contribution in [0.3, 0.4) is 0 Å². The Balaban J connectivity index is 2.04. The molecule has 0 spiro atoms. The van der Waals surface area contributed by atoms with Gasteiger partial charge in [0.15, 0.2) is 0 Å². The van der Waals surface area contributed by atoms with Crippen molar-refractivity contribution >= 4 is 11.6 Å². The van der Waals surface area contributed by atoms with E-state index in [1.54, 1.807) is 19.1 Å². The summed E-state index contributed by atoms with van der Waals surface area (Å²) in [7, 11) is 0. The van der Waals surface area contributed by atoms with Crippen LogP contribution in [0.2, 0.25) is 5.02 Å². The minimum Gasteiger partial charge on any atom is -0.393 e. The van der Waals surface area contributed by atoms with Gasteiger partial charge in [-0.2, -0.15) is 0 Å². The second-order valence-electron chi connectivity index (χ2n) is 5.03. The first kappa shape index (κ1) is 14.7. The van der Waals surface area contributed by atoms with Crippen molar-refractivity contribution in [1.82, 2.24) is 4.90 Å². The number of morpholine rings is 1. The molecule has 1 aliphatic rings. The second kappa shape index (κ2) is 6.66.